The lowest BCUT2D eigenvalue weighted by atomic mass is 9.67. The van der Waals surface area contributed by atoms with Gasteiger partial charge in [0.2, 0.25) is 15.7 Å². The molecule has 1 saturated heterocycles. The molecule has 3 aromatic carbocycles. The number of halogens is 4. The number of carbonyl (C=O) groups is 1. The largest absolute Gasteiger partial charge is 0.416 e. The molecule has 0 radical (unpaired) electrons. The van der Waals surface area contributed by atoms with E-state index >= 15 is 0 Å². The number of alkyl halides is 3. The van der Waals surface area contributed by atoms with Crippen LogP contribution in [-0.4, -0.2) is 27.4 Å². The van der Waals surface area contributed by atoms with E-state index in [0.29, 0.717) is 36.6 Å². The SMILES string of the molecule is Cc1ccc(NC(=O)C(C)C)cc1C1(Cc2ccc(S(=O)(=O)c3ccc(Cl)cc3)cc2C(F)(F)F)CCNCC1. The molecule has 0 unspecified atom stereocenters. The first-order chi connectivity index (χ1) is 18.7. The minimum absolute atomic E-state index is 0.0282. The molecule has 5 nitrogen and oxygen atoms in total. The zero-order valence-electron chi connectivity index (χ0n) is 22.5. The van der Waals surface area contributed by atoms with E-state index < -0.39 is 31.9 Å². The smallest absolute Gasteiger partial charge is 0.326 e. The molecule has 1 aliphatic rings. The summed E-state index contributed by atoms with van der Waals surface area (Å²) in [5.41, 5.74) is 0.798. The van der Waals surface area contributed by atoms with Crippen molar-refractivity contribution in [3.8, 4) is 0 Å². The fraction of sp³-hybridized carbons (Fsp3) is 0.367. The number of piperidine rings is 1. The Morgan fingerprint density at radius 1 is 1.00 bits per heavy atom. The Morgan fingerprint density at radius 3 is 2.23 bits per heavy atom. The monoisotopic (exact) mass is 592 g/mol. The second kappa shape index (κ2) is 11.5. The highest BCUT2D eigenvalue weighted by Crippen LogP contribution is 2.43. The quantitative estimate of drug-likeness (QED) is 0.311. The third-order valence-corrected chi connectivity index (χ3v) is 9.53. The van der Waals surface area contributed by atoms with E-state index in [1.165, 1.54) is 36.4 Å². The Kier molecular flexibility index (Phi) is 8.68. The topological polar surface area (TPSA) is 75.3 Å². The van der Waals surface area contributed by atoms with Gasteiger partial charge < -0.3 is 10.6 Å². The molecule has 0 atom stereocenters. The predicted molar refractivity (Wildman–Crippen MR) is 150 cm³/mol. The van der Waals surface area contributed by atoms with Crippen molar-refractivity contribution in [3.05, 3.63) is 87.9 Å². The van der Waals surface area contributed by atoms with Gasteiger partial charge in [-0.3, -0.25) is 4.79 Å². The Bertz CT molecular complexity index is 1500. The number of hydrogen-bond donors (Lipinski definition) is 2. The van der Waals surface area contributed by atoms with Gasteiger partial charge in [-0.25, -0.2) is 8.42 Å². The fourth-order valence-electron chi connectivity index (χ4n) is 5.26. The van der Waals surface area contributed by atoms with E-state index in [9.17, 15) is 26.4 Å². The maximum absolute atomic E-state index is 14.4. The summed E-state index contributed by atoms with van der Waals surface area (Å²) >= 11 is 5.86. The number of amides is 1. The van der Waals surface area contributed by atoms with Gasteiger partial charge in [-0.15, -0.1) is 0 Å². The highest BCUT2D eigenvalue weighted by atomic mass is 35.5. The molecule has 0 saturated carbocycles. The molecule has 0 spiro atoms. The molecular weight excluding hydrogens is 561 g/mol. The molecule has 1 heterocycles. The summed E-state index contributed by atoms with van der Waals surface area (Å²) in [7, 11) is -4.20. The molecule has 40 heavy (non-hydrogen) atoms. The normalized spacial score (nSPS) is 15.7. The summed E-state index contributed by atoms with van der Waals surface area (Å²) in [6.07, 6.45) is -3.54. The van der Waals surface area contributed by atoms with Crippen molar-refractivity contribution < 1.29 is 26.4 Å². The van der Waals surface area contributed by atoms with Crippen molar-refractivity contribution in [2.24, 2.45) is 5.92 Å². The zero-order valence-corrected chi connectivity index (χ0v) is 24.1. The molecule has 1 fully saturated rings. The van der Waals surface area contributed by atoms with Crippen LogP contribution in [0.5, 0.6) is 0 Å². The minimum atomic E-state index is -4.77. The number of rotatable bonds is 7. The van der Waals surface area contributed by atoms with Gasteiger partial charge in [0.15, 0.2) is 0 Å². The van der Waals surface area contributed by atoms with Crippen LogP contribution in [0.3, 0.4) is 0 Å². The van der Waals surface area contributed by atoms with E-state index in [2.05, 4.69) is 10.6 Å². The van der Waals surface area contributed by atoms with Crippen molar-refractivity contribution in [3.63, 3.8) is 0 Å². The average Bonchev–Trinajstić information content (AvgIpc) is 2.90. The zero-order chi connectivity index (χ0) is 29.3. The number of carbonyl (C=O) groups excluding carboxylic acids is 1. The molecule has 214 valence electrons. The second-order valence-corrected chi connectivity index (χ2v) is 13.0. The van der Waals surface area contributed by atoms with Crippen molar-refractivity contribution >= 4 is 33.0 Å². The first-order valence-corrected chi connectivity index (χ1v) is 14.9. The Morgan fingerprint density at radius 2 is 1.62 bits per heavy atom. The summed E-state index contributed by atoms with van der Waals surface area (Å²) in [6.45, 7) is 6.72. The predicted octanol–water partition coefficient (Wildman–Crippen LogP) is 6.96. The minimum Gasteiger partial charge on any atom is -0.326 e. The average molecular weight is 593 g/mol. The van der Waals surface area contributed by atoms with Crippen LogP contribution in [0.4, 0.5) is 18.9 Å². The van der Waals surface area contributed by atoms with Gasteiger partial charge in [-0.2, -0.15) is 13.2 Å². The van der Waals surface area contributed by atoms with Gasteiger partial charge in [-0.05, 0) is 104 Å². The Labute approximate surface area is 238 Å². The summed E-state index contributed by atoms with van der Waals surface area (Å²) in [5, 5.41) is 6.51. The maximum Gasteiger partial charge on any atom is 0.416 e. The molecule has 1 amide bonds. The maximum atomic E-state index is 14.4. The number of anilines is 1. The van der Waals surface area contributed by atoms with Crippen LogP contribution in [0, 0.1) is 12.8 Å². The van der Waals surface area contributed by atoms with Crippen molar-refractivity contribution in [2.75, 3.05) is 18.4 Å². The van der Waals surface area contributed by atoms with Crippen LogP contribution in [0.1, 0.15) is 48.9 Å². The molecule has 0 aliphatic carbocycles. The van der Waals surface area contributed by atoms with Crippen LogP contribution in [-0.2, 0) is 32.6 Å². The first-order valence-electron chi connectivity index (χ1n) is 13.1. The molecule has 1 aliphatic heterocycles. The lowest BCUT2D eigenvalue weighted by Crippen LogP contribution is -2.42. The van der Waals surface area contributed by atoms with Crippen LogP contribution >= 0.6 is 11.6 Å². The third-order valence-electron chi connectivity index (χ3n) is 7.51. The molecule has 0 aromatic heterocycles. The van der Waals surface area contributed by atoms with Crippen LogP contribution < -0.4 is 10.6 Å². The third kappa shape index (κ3) is 6.37. The van der Waals surface area contributed by atoms with E-state index in [1.54, 1.807) is 19.9 Å². The van der Waals surface area contributed by atoms with Crippen molar-refractivity contribution in [2.45, 2.75) is 61.4 Å². The number of benzene rings is 3. The first kappa shape index (κ1) is 30.1. The lowest BCUT2D eigenvalue weighted by molar-refractivity contribution is -0.138. The standard InChI is InChI=1S/C30H32ClF3N2O3S/c1-19(2)28(37)36-23-8-4-20(3)26(16-23)29(12-14-35-15-13-29)18-21-5-9-25(17-27(21)30(32,33)34)40(38,39)24-10-6-22(31)7-11-24/h4-11,16-17,19,35H,12-15,18H2,1-3H3,(H,36,37). The molecule has 0 bridgehead atoms. The molecule has 4 rings (SSSR count). The van der Waals surface area contributed by atoms with Gasteiger partial charge in [0.05, 0.1) is 15.4 Å². The number of hydrogen-bond acceptors (Lipinski definition) is 4. The van der Waals surface area contributed by atoms with E-state index in [0.717, 1.165) is 17.2 Å². The fourth-order valence-corrected chi connectivity index (χ4v) is 6.67. The Balaban J connectivity index is 1.79. The summed E-state index contributed by atoms with van der Waals surface area (Å²) in [5.74, 6) is -0.374. The molecule has 2 N–H and O–H groups in total. The van der Waals surface area contributed by atoms with E-state index in [4.69, 9.17) is 11.6 Å². The molecular formula is C30H32ClF3N2O3S. The molecule has 3 aromatic rings. The lowest BCUT2D eigenvalue weighted by Gasteiger charge is -2.40. The van der Waals surface area contributed by atoms with Crippen molar-refractivity contribution in [1.82, 2.24) is 5.32 Å². The van der Waals surface area contributed by atoms with Crippen LogP contribution in [0.15, 0.2) is 70.5 Å². The number of aryl methyl sites for hydroxylation is 1. The number of nitrogens with one attached hydrogen (secondary N) is 2. The van der Waals surface area contributed by atoms with Crippen LogP contribution in [0.2, 0.25) is 5.02 Å². The van der Waals surface area contributed by atoms with Gasteiger partial charge >= 0.3 is 6.18 Å². The summed E-state index contributed by atoms with van der Waals surface area (Å²) in [6, 6.07) is 14.1. The number of sulfone groups is 1. The van der Waals surface area contributed by atoms with Gasteiger partial charge in [-0.1, -0.05) is 37.6 Å². The highest BCUT2D eigenvalue weighted by molar-refractivity contribution is 7.91. The van der Waals surface area contributed by atoms with Crippen molar-refractivity contribution in [1.29, 1.82) is 0 Å². The highest BCUT2D eigenvalue weighted by Gasteiger charge is 2.40. The van der Waals surface area contributed by atoms with Gasteiger partial charge in [0.25, 0.3) is 0 Å². The summed E-state index contributed by atoms with van der Waals surface area (Å²) < 4.78 is 69.7. The van der Waals surface area contributed by atoms with Gasteiger partial charge in [0, 0.05) is 22.0 Å². The Hall–Kier alpha value is -2.88. The van der Waals surface area contributed by atoms with E-state index in [-0.39, 0.29) is 28.7 Å². The summed E-state index contributed by atoms with van der Waals surface area (Å²) in [4.78, 5) is 11.8. The van der Waals surface area contributed by atoms with Gasteiger partial charge in [0.1, 0.15) is 0 Å². The molecule has 10 heteroatoms. The second-order valence-electron chi connectivity index (χ2n) is 10.7. The van der Waals surface area contributed by atoms with E-state index in [1.807, 2.05) is 19.1 Å². The van der Waals surface area contributed by atoms with Crippen LogP contribution in [0.25, 0.3) is 0 Å².